The molecule has 0 saturated heterocycles. The minimum absolute atomic E-state index is 0.363. The van der Waals surface area contributed by atoms with Crippen molar-refractivity contribution in [3.05, 3.63) is 0 Å². The minimum atomic E-state index is -0.363. The summed E-state index contributed by atoms with van der Waals surface area (Å²) in [5.41, 5.74) is 0. The van der Waals surface area contributed by atoms with Crippen LogP contribution in [-0.4, -0.2) is 25.7 Å². The van der Waals surface area contributed by atoms with E-state index in [0.717, 1.165) is 0 Å². The molecule has 0 atom stereocenters. The third kappa shape index (κ3) is 8.30. The second-order valence-electron chi connectivity index (χ2n) is 1.22. The molecule has 52 valence electrons. The van der Waals surface area contributed by atoms with Crippen LogP contribution < -0.4 is 0 Å². The molecule has 0 unspecified atom stereocenters. The predicted molar refractivity (Wildman–Crippen MR) is 44.5 cm³/mol. The first-order valence-electron chi connectivity index (χ1n) is 2.15. The van der Waals surface area contributed by atoms with E-state index in [1.165, 1.54) is 0 Å². The van der Waals surface area contributed by atoms with E-state index in [9.17, 15) is 0 Å². The van der Waals surface area contributed by atoms with E-state index < -0.39 is 0 Å². The van der Waals surface area contributed by atoms with Crippen LogP contribution in [0.3, 0.4) is 0 Å². The summed E-state index contributed by atoms with van der Waals surface area (Å²) in [6, 6.07) is 0. The molecule has 2 nitrogen and oxygen atoms in total. The summed E-state index contributed by atoms with van der Waals surface area (Å²) in [5.74, 6) is 0. The Labute approximate surface area is 71.7 Å². The maximum atomic E-state index is 4.84. The van der Waals surface area contributed by atoms with Gasteiger partial charge in [-0.1, -0.05) is 0 Å². The van der Waals surface area contributed by atoms with Gasteiger partial charge in [-0.15, -0.1) is 0 Å². The van der Waals surface area contributed by atoms with Gasteiger partial charge in [0.2, 0.25) is 0 Å². The standard InChI is InChI=1S/C4H6O2S2Se/c1-3(7)5-9-6-4(2)8/h1-2H3. The molecule has 0 bridgehead atoms. The van der Waals surface area contributed by atoms with Gasteiger partial charge in [-0.25, -0.2) is 0 Å². The monoisotopic (exact) mass is 230 g/mol. The first-order chi connectivity index (χ1) is 4.13. The molecule has 0 spiro atoms. The van der Waals surface area contributed by atoms with E-state index >= 15 is 0 Å². The molecule has 0 aliphatic heterocycles. The van der Waals surface area contributed by atoms with E-state index in [4.69, 9.17) is 7.64 Å². The van der Waals surface area contributed by atoms with Crippen LogP contribution >= 0.6 is 24.4 Å². The van der Waals surface area contributed by atoms with Crippen molar-refractivity contribution in [1.29, 1.82) is 0 Å². The van der Waals surface area contributed by atoms with E-state index in [2.05, 4.69) is 24.4 Å². The second kappa shape index (κ2) is 5.11. The fourth-order valence-electron chi connectivity index (χ4n) is 0.113. The van der Waals surface area contributed by atoms with Crippen LogP contribution in [0.2, 0.25) is 0 Å². The van der Waals surface area contributed by atoms with Gasteiger partial charge in [0.1, 0.15) is 0 Å². The molecular weight excluding hydrogens is 223 g/mol. The Morgan fingerprint density at radius 2 is 1.44 bits per heavy atom. The van der Waals surface area contributed by atoms with Crippen LogP contribution in [-0.2, 0) is 7.64 Å². The predicted octanol–water partition coefficient (Wildman–Crippen LogP) is 1.25. The molecule has 0 aliphatic carbocycles. The summed E-state index contributed by atoms with van der Waals surface area (Å²) < 4.78 is 9.67. The van der Waals surface area contributed by atoms with Gasteiger partial charge in [0, 0.05) is 0 Å². The molecular formula is C4H6O2S2Se. The molecule has 0 heterocycles. The summed E-state index contributed by atoms with van der Waals surface area (Å²) >= 11 is 8.87. The molecule has 5 heteroatoms. The van der Waals surface area contributed by atoms with Crippen molar-refractivity contribution in [2.24, 2.45) is 0 Å². The van der Waals surface area contributed by atoms with Crippen molar-refractivity contribution < 1.29 is 7.64 Å². The van der Waals surface area contributed by atoms with Crippen molar-refractivity contribution in [3.8, 4) is 0 Å². The van der Waals surface area contributed by atoms with Gasteiger partial charge in [-0.05, 0) is 0 Å². The van der Waals surface area contributed by atoms with Gasteiger partial charge in [-0.3, -0.25) is 0 Å². The third-order valence-corrected chi connectivity index (χ3v) is 2.28. The molecule has 0 fully saturated rings. The quantitative estimate of drug-likeness (QED) is 0.523. The summed E-state index contributed by atoms with van der Waals surface area (Å²) in [4.78, 5) is 0. The van der Waals surface area contributed by atoms with Gasteiger partial charge in [-0.2, -0.15) is 0 Å². The summed E-state index contributed by atoms with van der Waals surface area (Å²) in [7, 11) is 0. The molecule has 0 amide bonds. The first kappa shape index (κ1) is 9.30. The molecule has 0 rings (SSSR count). The van der Waals surface area contributed by atoms with Crippen molar-refractivity contribution in [2.75, 3.05) is 0 Å². The number of rotatable bonds is 2. The van der Waals surface area contributed by atoms with E-state index in [0.29, 0.717) is 10.1 Å². The zero-order chi connectivity index (χ0) is 7.28. The molecule has 0 aliphatic rings. The normalized spacial score (nSPS) is 8.22. The van der Waals surface area contributed by atoms with Gasteiger partial charge >= 0.3 is 71.6 Å². The molecule has 0 aromatic carbocycles. The second-order valence-corrected chi connectivity index (χ2v) is 3.35. The zero-order valence-electron chi connectivity index (χ0n) is 5.04. The third-order valence-electron chi connectivity index (χ3n) is 0.303. The van der Waals surface area contributed by atoms with Crippen LogP contribution in [0.4, 0.5) is 0 Å². The van der Waals surface area contributed by atoms with Gasteiger partial charge in [0.05, 0.1) is 0 Å². The Bertz CT molecular complexity index is 112. The van der Waals surface area contributed by atoms with E-state index in [1.54, 1.807) is 13.8 Å². The van der Waals surface area contributed by atoms with E-state index in [1.807, 2.05) is 0 Å². The maximum absolute atomic E-state index is 4.84. The van der Waals surface area contributed by atoms with Crippen LogP contribution in [0.25, 0.3) is 0 Å². The molecule has 9 heavy (non-hydrogen) atoms. The van der Waals surface area contributed by atoms with Crippen LogP contribution in [0.5, 0.6) is 0 Å². The molecule has 0 N–H and O–H groups in total. The zero-order valence-corrected chi connectivity index (χ0v) is 8.39. The average molecular weight is 229 g/mol. The molecule has 0 aromatic rings. The van der Waals surface area contributed by atoms with Crippen LogP contribution in [0.1, 0.15) is 13.8 Å². The molecule has 0 radical (unpaired) electrons. The number of thiocarbonyl (C=S) groups is 2. The Kier molecular flexibility index (Phi) is 5.28. The molecule has 0 aromatic heterocycles. The molecule has 0 saturated carbocycles. The Hall–Kier alpha value is 0.299. The van der Waals surface area contributed by atoms with Crippen molar-refractivity contribution in [2.45, 2.75) is 13.8 Å². The van der Waals surface area contributed by atoms with Crippen LogP contribution in [0.15, 0.2) is 0 Å². The Morgan fingerprint density at radius 3 is 1.67 bits per heavy atom. The van der Waals surface area contributed by atoms with E-state index in [-0.39, 0.29) is 15.6 Å². The Morgan fingerprint density at radius 1 is 1.11 bits per heavy atom. The SMILES string of the molecule is CC(=S)O[Se]OC(C)=S. The average Bonchev–Trinajstić information content (AvgIpc) is 1.63. The summed E-state index contributed by atoms with van der Waals surface area (Å²) in [5, 5.41) is 0.984. The van der Waals surface area contributed by atoms with Gasteiger partial charge in [0.25, 0.3) is 0 Å². The Balaban J connectivity index is 3.10. The van der Waals surface area contributed by atoms with Crippen molar-refractivity contribution >= 4 is 50.2 Å². The fourth-order valence-corrected chi connectivity index (χ4v) is 0.875. The van der Waals surface area contributed by atoms with Gasteiger partial charge < -0.3 is 0 Å². The summed E-state index contributed by atoms with van der Waals surface area (Å²) in [6.07, 6.45) is 0. The van der Waals surface area contributed by atoms with Crippen molar-refractivity contribution in [1.82, 2.24) is 0 Å². The number of hydrogen-bond donors (Lipinski definition) is 0. The van der Waals surface area contributed by atoms with Gasteiger partial charge in [0.15, 0.2) is 0 Å². The van der Waals surface area contributed by atoms with Crippen molar-refractivity contribution in [3.63, 3.8) is 0 Å². The first-order valence-corrected chi connectivity index (χ1v) is 4.37. The number of hydrogen-bond acceptors (Lipinski definition) is 4. The topological polar surface area (TPSA) is 18.5 Å². The summed E-state index contributed by atoms with van der Waals surface area (Å²) in [6.45, 7) is 3.39. The van der Waals surface area contributed by atoms with Crippen LogP contribution in [0, 0.1) is 0 Å². The fraction of sp³-hybridized carbons (Fsp3) is 0.500.